The number of rotatable bonds is 22. The van der Waals surface area contributed by atoms with E-state index >= 15 is 0 Å². The van der Waals surface area contributed by atoms with Crippen molar-refractivity contribution in [1.82, 2.24) is 45.4 Å². The van der Waals surface area contributed by atoms with Gasteiger partial charge >= 0.3 is 58.9 Å². The van der Waals surface area contributed by atoms with Crippen LogP contribution in [0.4, 0.5) is 0 Å². The summed E-state index contributed by atoms with van der Waals surface area (Å²) in [5, 5.41) is 80.7. The summed E-state index contributed by atoms with van der Waals surface area (Å²) in [6.07, 6.45) is 23.7. The third-order valence-corrected chi connectivity index (χ3v) is 32.6. The number of nitriles is 2. The molecule has 776 valence electrons. The summed E-state index contributed by atoms with van der Waals surface area (Å²) in [6, 6.07) is 40.3. The average molecular weight is 2630 g/mol. The van der Waals surface area contributed by atoms with Crippen molar-refractivity contribution in [2.24, 2.45) is 0 Å². The van der Waals surface area contributed by atoms with Crippen LogP contribution in [0.1, 0.15) is 139 Å². The van der Waals surface area contributed by atoms with Gasteiger partial charge in [0.25, 0.3) is 5.91 Å². The van der Waals surface area contributed by atoms with Crippen molar-refractivity contribution in [3.8, 4) is 34.4 Å². The van der Waals surface area contributed by atoms with Crippen LogP contribution in [-0.4, -0.2) is 196 Å². The number of amides is 1. The topological polar surface area (TPSA) is 446 Å². The number of fused-ring (bicyclic) bond motifs is 9. The van der Waals surface area contributed by atoms with Gasteiger partial charge < -0.3 is 73.7 Å². The minimum absolute atomic E-state index is 0. The molecule has 4 aromatic carbocycles. The van der Waals surface area contributed by atoms with E-state index in [1.165, 1.54) is 98.5 Å². The molecule has 0 saturated carbocycles. The zero-order chi connectivity index (χ0) is 106. The number of nitrogens with one attached hydrogen (secondary N) is 1. The number of Topliss-reactive ketones (excluding diaryl/α,β-unsaturated/α-hetero) is 1. The molecular weight excluding hydrogens is 2540 g/mol. The molecule has 14 heterocycles. The first-order valence-electron chi connectivity index (χ1n) is 43.3. The van der Waals surface area contributed by atoms with Crippen molar-refractivity contribution in [1.29, 1.82) is 10.5 Å². The first-order valence-corrected chi connectivity index (χ1v) is 54.1. The molecule has 0 bridgehead atoms. The Labute approximate surface area is 968 Å². The predicted octanol–water partition coefficient (Wildman–Crippen LogP) is 23.2. The van der Waals surface area contributed by atoms with E-state index in [1.54, 1.807) is 169 Å². The van der Waals surface area contributed by atoms with Crippen molar-refractivity contribution < 1.29 is 109 Å². The molecule has 0 radical (unpaired) electrons. The van der Waals surface area contributed by atoms with Gasteiger partial charge in [-0.2, -0.15) is 10.5 Å². The molecule has 0 aliphatic rings. The molecule has 0 spiro atoms. The van der Waals surface area contributed by atoms with Gasteiger partial charge in [-0.1, -0.05) is 76.6 Å². The Hall–Kier alpha value is -9.71. The molecule has 1 amide bonds. The number of pyridine rings is 7. The fourth-order valence-corrected chi connectivity index (χ4v) is 23.9. The normalized spacial score (nSPS) is 11.6. The van der Waals surface area contributed by atoms with Crippen LogP contribution in [0, 0.1) is 30.1 Å². The fourth-order valence-electron chi connectivity index (χ4n) is 13.7. The molecule has 0 saturated heterocycles. The van der Waals surface area contributed by atoms with E-state index in [2.05, 4.69) is 158 Å². The molecule has 6 N–H and O–H groups in total. The number of aliphatic carboxylic acids is 1. The molecule has 3 atom stereocenters. The quantitative estimate of drug-likeness (QED) is 0.00698. The maximum atomic E-state index is 11.9. The number of nitrogens with zero attached hydrogens (tertiary/aromatic N) is 10. The second kappa shape index (κ2) is 60.7. The zero-order valence-corrected chi connectivity index (χ0v) is 101. The number of carboxylic acids is 2. The van der Waals surface area contributed by atoms with E-state index in [9.17, 15) is 64.2 Å². The van der Waals surface area contributed by atoms with Gasteiger partial charge in [-0.05, 0) is 212 Å². The van der Waals surface area contributed by atoms with Gasteiger partial charge in [0.05, 0.1) is 126 Å². The molecule has 0 aliphatic heterocycles. The van der Waals surface area contributed by atoms with E-state index in [0.717, 1.165) is 147 Å². The average Bonchev–Trinajstić information content (AvgIpc) is 1.65. The number of aromatic nitrogens is 7. The van der Waals surface area contributed by atoms with Crippen LogP contribution >= 0.6 is 187 Å². The molecule has 0 fully saturated rings. The first kappa shape index (κ1) is 128. The van der Waals surface area contributed by atoms with Crippen LogP contribution < -0.4 is 22.5 Å². The molecule has 46 heteroatoms. The van der Waals surface area contributed by atoms with Crippen molar-refractivity contribution in [3.05, 3.63) is 277 Å². The van der Waals surface area contributed by atoms with Crippen LogP contribution in [0.25, 0.3) is 114 Å². The first-order chi connectivity index (χ1) is 69.2. The molecule has 30 nitrogen and oxygen atoms in total. The Balaban J connectivity index is 0.000000265. The van der Waals surface area contributed by atoms with Gasteiger partial charge in [-0.15, -0.1) is 91.8 Å². The van der Waals surface area contributed by atoms with Crippen LogP contribution in [0.15, 0.2) is 224 Å². The number of hydroxylamine groups is 3. The van der Waals surface area contributed by atoms with E-state index < -0.39 is 40.7 Å². The number of carboxylic acid groups (broad SMARTS) is 2. The summed E-state index contributed by atoms with van der Waals surface area (Å²) >= 11 is 29.5. The number of hydrogen-bond acceptors (Lipinski definition) is 34. The fraction of sp³-hybridized carbons (Fsp3) is 0.223. The van der Waals surface area contributed by atoms with Gasteiger partial charge in [0, 0.05) is 197 Å². The number of hydrogen-bond donors (Lipinski definition) is 6. The van der Waals surface area contributed by atoms with Crippen molar-refractivity contribution in [2.75, 3.05) is 60.1 Å². The SMILES string of the molecule is CC(=O)c1cc2c(Br)cncc2s1.CC(O)(CC(=O)O)c1cc2c(-c3ccc(C#N)c4ccccc34)cncc2s1.CCOC(=O)CBr.CCOC(=O)CC(C)(O)c1cc2c(-c3ccc(C#N)c4ccccc34)cncc2s1.CCOC(=O)CC(C)(O)c1cc2c(Br)cncc2s1.CCOC(=O)c1cc2c(Br)cncc2s1.CNOC.CON(C)C(=O)c1cc2c(Br)cncc2s1.Cl.O=C(O)c1cc2c(Br)cncc2s1.[Br-].[CH3-].[Mg+2]. The van der Waals surface area contributed by atoms with Crippen LogP contribution in [-0.2, 0) is 64.6 Å². The van der Waals surface area contributed by atoms with Crippen molar-refractivity contribution in [3.63, 3.8) is 0 Å². The second-order valence-corrected chi connectivity index (χ2v) is 43.5. The number of ketones is 1. The minimum Gasteiger partial charge on any atom is -1.00 e. The number of halogens is 8. The monoisotopic (exact) mass is 2620 g/mol. The van der Waals surface area contributed by atoms with Gasteiger partial charge in [0.15, 0.2) is 5.78 Å². The zero-order valence-electron chi connectivity index (χ0n) is 81.8. The standard InChI is InChI=1S/C24H20N2O3S.C22H16N2O3S.C13H14BrNO3S.C10H9BrN2O2S.C10H8BrNO2S.C9H6BrNOS.C8H4BrNO2S.C4H7BrO2.C2H7NO.CH3.BrH.ClH.Mg/c1-3-29-23(27)11-24(2,28)22-10-19-20(13-26-14-21(19)30-22)18-9-8-15(12-25)16-6-4-5-7-17(16)18;1-22(27,9-21(25)26)20-8-17-18(11-24-12-19(17)28-20)16-7-6-13(10-23)14-4-2-3-5-15(14)16;1-3-18-12(16)5-13(2,17)11-4-8-9(14)6-15-7-10(8)19-11;1-13(15-2)10(14)8-3-6-7(11)4-12-5-9(6)16-8;1-2-14-10(13)8-3-6-7(11)4-12-5-9(6)15-8;1-5(12)8-2-6-7(10)3-11-4-9(6)13-8;9-5-2-10-3-7-4(5)1-6(13-7)8(11)12;1-2-7-4(6)3-5;1-3-4-2;;;;/h4-10,13-14,28H,3,11H2,1-2H3;2-8,11-12,27H,9H2,1H3,(H,25,26);4,6-7,17H,3,5H2,1-2H3;3-5H,1-2H3;3-5H,2H2,1H3;2-4H,1H3;1-3H,(H,11,12);2-3H2,1H3;3H,1-2H3;1H3;2*1H;/q;;;;;;;;;-1;;;+2/p-1. The Morgan fingerprint density at radius 1 is 0.409 bits per heavy atom. The number of aromatic carboxylic acids is 1. The summed E-state index contributed by atoms with van der Waals surface area (Å²) in [5.41, 5.74) is 3.35. The Kier molecular flexibility index (Phi) is 52.1. The number of carbonyl (C=O) groups excluding carboxylic acids is 6. The van der Waals surface area contributed by atoms with Crippen molar-refractivity contribution in [2.45, 2.75) is 91.5 Å². The molecule has 18 rings (SSSR count). The smallest absolute Gasteiger partial charge is 1.00 e. The van der Waals surface area contributed by atoms with Gasteiger partial charge in [-0.25, -0.2) is 20.1 Å². The molecule has 3 unspecified atom stereocenters. The minimum atomic E-state index is -1.46. The number of esters is 4. The maximum absolute atomic E-state index is 11.9. The van der Waals surface area contributed by atoms with Crippen molar-refractivity contribution >= 4 is 350 Å². The summed E-state index contributed by atoms with van der Waals surface area (Å²) in [6.45, 7) is 14.8. The number of aliphatic hydroxyl groups is 3. The van der Waals surface area contributed by atoms with E-state index in [0.29, 0.717) is 60.7 Å². The Morgan fingerprint density at radius 2 is 0.705 bits per heavy atom. The molecule has 0 aliphatic carbocycles. The third kappa shape index (κ3) is 34.1. The van der Waals surface area contributed by atoms with E-state index in [1.807, 2.05) is 103 Å². The summed E-state index contributed by atoms with van der Waals surface area (Å²) in [5.74, 6) is -3.32. The summed E-state index contributed by atoms with van der Waals surface area (Å²) < 4.78 is 30.4. The Morgan fingerprint density at radius 3 is 1.02 bits per heavy atom. The summed E-state index contributed by atoms with van der Waals surface area (Å²) in [4.78, 5) is 132. The maximum Gasteiger partial charge on any atom is 2.00 e. The second-order valence-electron chi connectivity index (χ2n) is 31.0. The van der Waals surface area contributed by atoms with Gasteiger partial charge in [-0.3, -0.25) is 68.5 Å². The molecule has 149 heavy (non-hydrogen) atoms. The number of benzene rings is 4. The third-order valence-electron chi connectivity index (χ3n) is 20.7. The van der Waals surface area contributed by atoms with Crippen LogP contribution in [0.2, 0.25) is 0 Å². The number of carbonyl (C=O) groups is 8. The molecular formula is C103H95Br7ClMgN11O19S7. The largest absolute Gasteiger partial charge is 2.00 e. The number of thiophene rings is 7. The van der Waals surface area contributed by atoms with Crippen LogP contribution in [0.5, 0.6) is 0 Å². The van der Waals surface area contributed by atoms with E-state index in [4.69, 9.17) is 29.3 Å². The number of alkyl halides is 1. The van der Waals surface area contributed by atoms with E-state index in [-0.39, 0.29) is 109 Å². The van der Waals surface area contributed by atoms with Gasteiger partial charge in [0.1, 0.15) is 31.9 Å². The van der Waals surface area contributed by atoms with Crippen LogP contribution in [0.3, 0.4) is 0 Å². The Bertz CT molecular complexity index is 7760. The molecule has 18 aromatic rings. The predicted molar refractivity (Wildman–Crippen MR) is 613 cm³/mol. The summed E-state index contributed by atoms with van der Waals surface area (Å²) in [7, 11) is 6.32. The van der Waals surface area contributed by atoms with Gasteiger partial charge in [0.2, 0.25) is 0 Å². The number of ether oxygens (including phenoxy) is 4. The molecule has 14 aromatic heterocycles.